The molecule has 140 valence electrons. The summed E-state index contributed by atoms with van der Waals surface area (Å²) in [6, 6.07) is 1.81. The second-order valence-electron chi connectivity index (χ2n) is 6.78. The fraction of sp³-hybridized carbons (Fsp3) is 0.722. The number of hydrogen-bond donors (Lipinski definition) is 0. The minimum absolute atomic E-state index is 0.438. The Morgan fingerprint density at radius 1 is 1.28 bits per heavy atom. The van der Waals surface area contributed by atoms with E-state index >= 15 is 0 Å². The minimum atomic E-state index is -0.452. The molecule has 7 heteroatoms. The Morgan fingerprint density at radius 2 is 2.16 bits per heavy atom. The predicted octanol–water partition coefficient (Wildman–Crippen LogP) is 2.27. The van der Waals surface area contributed by atoms with E-state index in [0.29, 0.717) is 38.2 Å². The number of hydrogen-bond acceptors (Lipinski definition) is 6. The molecule has 6 nitrogen and oxygen atoms in total. The lowest BCUT2D eigenvalue weighted by atomic mass is 9.90. The van der Waals surface area contributed by atoms with E-state index in [9.17, 15) is 0 Å². The maximum atomic E-state index is 6.24. The van der Waals surface area contributed by atoms with Crippen LogP contribution < -0.4 is 4.74 Å². The number of ether oxygens (including phenoxy) is 4. The van der Waals surface area contributed by atoms with Crippen molar-refractivity contribution in [1.29, 1.82) is 0 Å². The van der Waals surface area contributed by atoms with Crippen LogP contribution in [0.5, 0.6) is 5.75 Å². The second kappa shape index (κ2) is 8.64. The first kappa shape index (κ1) is 18.9. The van der Waals surface area contributed by atoms with Gasteiger partial charge in [0.15, 0.2) is 0 Å². The standard InChI is InChI=1S/C18H27ClN2O4/c1-21(2)6-11-22-7-3-8-24-15-12-16(19)20-17-14(15)4-9-25-18(17)5-10-23-13-18/h12H,3-11,13H2,1-2H3. The number of likely N-dealkylation sites (N-methyl/N-ethyl adjacent to an activating group) is 1. The molecule has 0 aliphatic carbocycles. The Labute approximate surface area is 154 Å². The Hall–Kier alpha value is -0.920. The first-order valence-corrected chi connectivity index (χ1v) is 9.25. The molecular formula is C18H27ClN2O4. The van der Waals surface area contributed by atoms with Gasteiger partial charge in [-0.25, -0.2) is 4.98 Å². The van der Waals surface area contributed by atoms with Gasteiger partial charge in [0, 0.05) is 50.7 Å². The highest BCUT2D eigenvalue weighted by atomic mass is 35.5. The fourth-order valence-corrected chi connectivity index (χ4v) is 3.41. The molecule has 1 atom stereocenters. The summed E-state index contributed by atoms with van der Waals surface area (Å²) < 4.78 is 23.2. The average Bonchev–Trinajstić information content (AvgIpc) is 3.04. The smallest absolute Gasteiger partial charge is 0.136 e. The summed E-state index contributed by atoms with van der Waals surface area (Å²) in [5, 5.41) is 0.438. The van der Waals surface area contributed by atoms with E-state index in [4.69, 9.17) is 30.5 Å². The van der Waals surface area contributed by atoms with Crippen LogP contribution in [0.25, 0.3) is 0 Å². The van der Waals surface area contributed by atoms with Crippen LogP contribution in [0.4, 0.5) is 0 Å². The number of aromatic nitrogens is 1. The van der Waals surface area contributed by atoms with E-state index in [2.05, 4.69) is 9.88 Å². The lowest BCUT2D eigenvalue weighted by Crippen LogP contribution is -2.37. The van der Waals surface area contributed by atoms with Gasteiger partial charge in [-0.1, -0.05) is 11.6 Å². The molecule has 2 aliphatic heterocycles. The molecule has 1 spiro atoms. The molecule has 0 aromatic carbocycles. The first-order valence-electron chi connectivity index (χ1n) is 8.88. The number of rotatable bonds is 8. The van der Waals surface area contributed by atoms with E-state index in [-0.39, 0.29) is 0 Å². The van der Waals surface area contributed by atoms with Crippen molar-refractivity contribution in [3.63, 3.8) is 0 Å². The normalized spacial score (nSPS) is 22.6. The van der Waals surface area contributed by atoms with Crippen LogP contribution in [-0.4, -0.2) is 70.2 Å². The second-order valence-corrected chi connectivity index (χ2v) is 7.17. The SMILES string of the molecule is CN(C)CCOCCCOc1cc(Cl)nc2c1CCOC21CCOC1. The van der Waals surface area contributed by atoms with Crippen LogP contribution >= 0.6 is 11.6 Å². The van der Waals surface area contributed by atoms with Gasteiger partial charge in [-0.05, 0) is 14.1 Å². The molecule has 3 heterocycles. The Bertz CT molecular complexity index is 576. The summed E-state index contributed by atoms with van der Waals surface area (Å²) in [5.74, 6) is 0.817. The molecule has 1 unspecified atom stereocenters. The molecular weight excluding hydrogens is 344 g/mol. The first-order chi connectivity index (χ1) is 12.1. The highest BCUT2D eigenvalue weighted by molar-refractivity contribution is 6.29. The van der Waals surface area contributed by atoms with Gasteiger partial charge in [0.2, 0.25) is 0 Å². The predicted molar refractivity (Wildman–Crippen MR) is 95.5 cm³/mol. The van der Waals surface area contributed by atoms with Crippen molar-refractivity contribution in [3.8, 4) is 5.75 Å². The monoisotopic (exact) mass is 370 g/mol. The van der Waals surface area contributed by atoms with E-state index in [1.165, 1.54) is 0 Å². The van der Waals surface area contributed by atoms with Gasteiger partial charge < -0.3 is 23.8 Å². The average molecular weight is 371 g/mol. The zero-order valence-electron chi connectivity index (χ0n) is 15.1. The van der Waals surface area contributed by atoms with E-state index in [0.717, 1.165) is 49.4 Å². The quantitative estimate of drug-likeness (QED) is 0.517. The van der Waals surface area contributed by atoms with Crippen LogP contribution in [-0.2, 0) is 26.2 Å². The van der Waals surface area contributed by atoms with Crippen molar-refractivity contribution < 1.29 is 18.9 Å². The third-order valence-electron chi connectivity index (χ3n) is 4.57. The van der Waals surface area contributed by atoms with Crippen molar-refractivity contribution in [3.05, 3.63) is 22.5 Å². The molecule has 0 radical (unpaired) electrons. The summed E-state index contributed by atoms with van der Waals surface area (Å²) in [5.41, 5.74) is 1.54. The number of halogens is 1. The van der Waals surface area contributed by atoms with Gasteiger partial charge in [-0.2, -0.15) is 0 Å². The van der Waals surface area contributed by atoms with Gasteiger partial charge in [0.05, 0.1) is 32.1 Å². The Kier molecular flexibility index (Phi) is 6.52. The Morgan fingerprint density at radius 3 is 2.92 bits per heavy atom. The molecule has 1 fully saturated rings. The van der Waals surface area contributed by atoms with Crippen molar-refractivity contribution in [2.24, 2.45) is 0 Å². The third-order valence-corrected chi connectivity index (χ3v) is 4.77. The van der Waals surface area contributed by atoms with Crippen LogP contribution in [0.1, 0.15) is 24.1 Å². The zero-order chi connectivity index (χ0) is 17.7. The van der Waals surface area contributed by atoms with Crippen molar-refractivity contribution in [1.82, 2.24) is 9.88 Å². The topological polar surface area (TPSA) is 53.1 Å². The number of fused-ring (bicyclic) bond motifs is 2. The van der Waals surface area contributed by atoms with Gasteiger partial charge in [0.25, 0.3) is 0 Å². The maximum absolute atomic E-state index is 6.24. The Balaban J connectivity index is 1.58. The highest BCUT2D eigenvalue weighted by Crippen LogP contribution is 2.42. The third kappa shape index (κ3) is 4.63. The zero-order valence-corrected chi connectivity index (χ0v) is 15.8. The molecule has 0 N–H and O–H groups in total. The lowest BCUT2D eigenvalue weighted by Gasteiger charge is -2.34. The van der Waals surface area contributed by atoms with Crippen LogP contribution in [0, 0.1) is 0 Å². The van der Waals surface area contributed by atoms with Crippen LogP contribution in [0.3, 0.4) is 0 Å². The summed E-state index contributed by atoms with van der Waals surface area (Å²) in [4.78, 5) is 6.65. The minimum Gasteiger partial charge on any atom is -0.493 e. The highest BCUT2D eigenvalue weighted by Gasteiger charge is 2.44. The molecule has 0 bridgehead atoms. The molecule has 2 aliphatic rings. The van der Waals surface area contributed by atoms with E-state index in [1.54, 1.807) is 0 Å². The molecule has 0 amide bonds. The molecule has 0 saturated carbocycles. The molecule has 1 saturated heterocycles. The van der Waals surface area contributed by atoms with E-state index in [1.807, 2.05) is 20.2 Å². The summed E-state index contributed by atoms with van der Waals surface area (Å²) in [6.45, 7) is 4.83. The molecule has 1 aromatic rings. The molecule has 3 rings (SSSR count). The molecule has 25 heavy (non-hydrogen) atoms. The number of nitrogens with zero attached hydrogens (tertiary/aromatic N) is 2. The van der Waals surface area contributed by atoms with Crippen LogP contribution in [0.15, 0.2) is 6.07 Å². The fourth-order valence-electron chi connectivity index (χ4n) is 3.22. The van der Waals surface area contributed by atoms with Gasteiger partial charge in [-0.15, -0.1) is 0 Å². The summed E-state index contributed by atoms with van der Waals surface area (Å²) in [7, 11) is 4.07. The largest absolute Gasteiger partial charge is 0.493 e. The van der Waals surface area contributed by atoms with Crippen molar-refractivity contribution in [2.75, 3.05) is 60.3 Å². The summed E-state index contributed by atoms with van der Waals surface area (Å²) >= 11 is 6.24. The molecule has 1 aromatic heterocycles. The lowest BCUT2D eigenvalue weighted by molar-refractivity contribution is -0.0670. The van der Waals surface area contributed by atoms with Crippen LogP contribution in [0.2, 0.25) is 5.15 Å². The van der Waals surface area contributed by atoms with Gasteiger partial charge in [-0.3, -0.25) is 0 Å². The number of pyridine rings is 1. The van der Waals surface area contributed by atoms with Crippen molar-refractivity contribution in [2.45, 2.75) is 24.9 Å². The van der Waals surface area contributed by atoms with Gasteiger partial charge in [0.1, 0.15) is 16.5 Å². The maximum Gasteiger partial charge on any atom is 0.136 e. The van der Waals surface area contributed by atoms with Gasteiger partial charge >= 0.3 is 0 Å². The van der Waals surface area contributed by atoms with E-state index < -0.39 is 5.60 Å². The van der Waals surface area contributed by atoms with Crippen molar-refractivity contribution >= 4 is 11.6 Å². The summed E-state index contributed by atoms with van der Waals surface area (Å²) in [6.07, 6.45) is 2.44.